The number of hydrogen-bond donors (Lipinski definition) is 2. The molecule has 0 spiro atoms. The lowest BCUT2D eigenvalue weighted by atomic mass is 10.3. The zero-order valence-corrected chi connectivity index (χ0v) is 7.96. The van der Waals surface area contributed by atoms with Crippen LogP contribution < -0.4 is 5.73 Å². The molecule has 3 N–H and O–H groups in total. The predicted molar refractivity (Wildman–Crippen MR) is 50.7 cm³/mol. The van der Waals surface area contributed by atoms with E-state index in [1.54, 1.807) is 0 Å². The molecule has 0 bridgehead atoms. The first-order valence-corrected chi connectivity index (χ1v) is 4.21. The quantitative estimate of drug-likeness (QED) is 0.720. The molecule has 0 aliphatic carbocycles. The number of halogens is 1. The van der Waals surface area contributed by atoms with Crippen molar-refractivity contribution in [2.75, 3.05) is 5.73 Å². The molecule has 0 aliphatic rings. The van der Waals surface area contributed by atoms with Crippen LogP contribution in [-0.4, -0.2) is 15.0 Å². The van der Waals surface area contributed by atoms with Gasteiger partial charge in [0.2, 0.25) is 0 Å². The van der Waals surface area contributed by atoms with Gasteiger partial charge in [-0.1, -0.05) is 0 Å². The third-order valence-electron chi connectivity index (χ3n) is 1.61. The molecule has 0 atom stereocenters. The van der Waals surface area contributed by atoms with Gasteiger partial charge in [0.25, 0.3) is 0 Å². The van der Waals surface area contributed by atoms with E-state index in [4.69, 9.17) is 11.0 Å². The molecule has 5 nitrogen and oxygen atoms in total. The Morgan fingerprint density at radius 1 is 1.62 bits per heavy atom. The maximum absolute atomic E-state index is 8.75. The van der Waals surface area contributed by atoms with Crippen molar-refractivity contribution in [3.8, 4) is 6.07 Å². The van der Waals surface area contributed by atoms with Crippen molar-refractivity contribution in [3.63, 3.8) is 0 Å². The number of anilines is 1. The average molecular weight is 238 g/mol. The molecule has 0 radical (unpaired) electrons. The van der Waals surface area contributed by atoms with Crippen molar-refractivity contribution in [1.82, 2.24) is 15.0 Å². The normalized spacial score (nSPS) is 10.2. The summed E-state index contributed by atoms with van der Waals surface area (Å²) >= 11 is 3.17. The van der Waals surface area contributed by atoms with E-state index in [-0.39, 0.29) is 0 Å². The molecule has 2 heterocycles. The number of hydrogen-bond acceptors (Lipinski definition) is 4. The van der Waals surface area contributed by atoms with E-state index in [0.29, 0.717) is 27.1 Å². The minimum Gasteiger partial charge on any atom is -0.384 e. The van der Waals surface area contributed by atoms with Gasteiger partial charge in [-0.15, -0.1) is 0 Å². The Kier molecular flexibility index (Phi) is 1.67. The summed E-state index contributed by atoms with van der Waals surface area (Å²) in [6.07, 6.45) is 1.52. The Hall–Kier alpha value is -1.61. The lowest BCUT2D eigenvalue weighted by molar-refractivity contribution is 1.22. The van der Waals surface area contributed by atoms with Crippen LogP contribution in [0.15, 0.2) is 10.8 Å². The maximum Gasteiger partial charge on any atom is 0.160 e. The summed E-state index contributed by atoms with van der Waals surface area (Å²) in [5, 5.41) is 8.75. The lowest BCUT2D eigenvalue weighted by Gasteiger charge is -1.88. The summed E-state index contributed by atoms with van der Waals surface area (Å²) in [6, 6.07) is 1.96. The van der Waals surface area contributed by atoms with Crippen LogP contribution in [0.1, 0.15) is 5.56 Å². The van der Waals surface area contributed by atoms with Gasteiger partial charge in [-0.3, -0.25) is 0 Å². The minimum atomic E-state index is 0.301. The van der Waals surface area contributed by atoms with Crippen LogP contribution in [0.25, 0.3) is 11.2 Å². The van der Waals surface area contributed by atoms with Crippen LogP contribution in [0.3, 0.4) is 0 Å². The van der Waals surface area contributed by atoms with E-state index < -0.39 is 0 Å². The number of nitriles is 1. The minimum absolute atomic E-state index is 0.301. The van der Waals surface area contributed by atoms with Crippen molar-refractivity contribution in [2.45, 2.75) is 0 Å². The van der Waals surface area contributed by atoms with E-state index in [0.717, 1.165) is 0 Å². The molecule has 2 aromatic heterocycles. The Labute approximate surface area is 81.7 Å². The smallest absolute Gasteiger partial charge is 0.160 e. The number of nitrogen functional groups attached to an aromatic ring is 1. The third-order valence-corrected chi connectivity index (χ3v) is 2.00. The number of aromatic nitrogens is 3. The van der Waals surface area contributed by atoms with Crippen LogP contribution in [0, 0.1) is 11.3 Å². The Morgan fingerprint density at radius 2 is 2.38 bits per heavy atom. The van der Waals surface area contributed by atoms with Gasteiger partial charge in [0, 0.05) is 0 Å². The molecule has 0 aliphatic heterocycles. The fourth-order valence-electron chi connectivity index (χ4n) is 1.07. The highest BCUT2D eigenvalue weighted by atomic mass is 79.9. The van der Waals surface area contributed by atoms with Gasteiger partial charge in [0.1, 0.15) is 27.6 Å². The molecule has 0 unspecified atom stereocenters. The summed E-state index contributed by atoms with van der Waals surface area (Å²) in [5.74, 6) is 0.301. The Bertz CT molecular complexity index is 509. The highest BCUT2D eigenvalue weighted by molar-refractivity contribution is 9.10. The number of nitrogens with two attached hydrogens (primary N) is 1. The molecule has 13 heavy (non-hydrogen) atoms. The van der Waals surface area contributed by atoms with E-state index in [1.807, 2.05) is 6.07 Å². The summed E-state index contributed by atoms with van der Waals surface area (Å²) < 4.78 is 0.603. The second-order valence-corrected chi connectivity index (χ2v) is 3.23. The molecular formula is C7H4BrN5. The van der Waals surface area contributed by atoms with Crippen molar-refractivity contribution in [3.05, 3.63) is 16.4 Å². The van der Waals surface area contributed by atoms with E-state index >= 15 is 0 Å². The van der Waals surface area contributed by atoms with Gasteiger partial charge in [0.05, 0.1) is 6.20 Å². The molecule has 0 saturated heterocycles. The predicted octanol–water partition coefficient (Wildman–Crippen LogP) is 1.17. The molecule has 0 fully saturated rings. The zero-order valence-electron chi connectivity index (χ0n) is 6.37. The largest absolute Gasteiger partial charge is 0.384 e. The highest BCUT2D eigenvalue weighted by Gasteiger charge is 2.10. The Morgan fingerprint density at radius 3 is 3.08 bits per heavy atom. The first kappa shape index (κ1) is 8.01. The fourth-order valence-corrected chi connectivity index (χ4v) is 1.35. The fraction of sp³-hybridized carbons (Fsp3) is 0. The summed E-state index contributed by atoms with van der Waals surface area (Å²) in [5.41, 5.74) is 6.90. The highest BCUT2D eigenvalue weighted by Crippen LogP contribution is 2.20. The molecule has 2 rings (SSSR count). The third kappa shape index (κ3) is 1.13. The van der Waals surface area contributed by atoms with Crippen molar-refractivity contribution in [2.24, 2.45) is 0 Å². The standard InChI is InChI=1S/C7H4BrN5/c8-4-2-11-5-3(1-9)6(10)13-7(5)12-4/h2H,10H2,(H,12,13). The van der Waals surface area contributed by atoms with Gasteiger partial charge in [0.15, 0.2) is 5.65 Å². The number of rotatable bonds is 0. The van der Waals surface area contributed by atoms with E-state index in [9.17, 15) is 0 Å². The van der Waals surface area contributed by atoms with E-state index in [2.05, 4.69) is 30.9 Å². The number of aromatic amines is 1. The second kappa shape index (κ2) is 2.71. The molecule has 0 amide bonds. The zero-order chi connectivity index (χ0) is 9.42. The molecule has 64 valence electrons. The second-order valence-electron chi connectivity index (χ2n) is 2.42. The summed E-state index contributed by atoms with van der Waals surface area (Å²) in [4.78, 5) is 10.9. The summed E-state index contributed by atoms with van der Waals surface area (Å²) in [6.45, 7) is 0. The van der Waals surface area contributed by atoms with Crippen LogP contribution in [0.4, 0.5) is 5.82 Å². The van der Waals surface area contributed by atoms with Crippen molar-refractivity contribution in [1.29, 1.82) is 5.26 Å². The average Bonchev–Trinajstić information content (AvgIpc) is 2.39. The van der Waals surface area contributed by atoms with Crippen LogP contribution >= 0.6 is 15.9 Å². The molecule has 6 heteroatoms. The van der Waals surface area contributed by atoms with Crippen LogP contribution in [0.2, 0.25) is 0 Å². The molecule has 0 aromatic carbocycles. The number of nitrogens with one attached hydrogen (secondary N) is 1. The summed E-state index contributed by atoms with van der Waals surface area (Å²) in [7, 11) is 0. The van der Waals surface area contributed by atoms with Crippen LogP contribution in [-0.2, 0) is 0 Å². The van der Waals surface area contributed by atoms with Crippen LogP contribution in [0.5, 0.6) is 0 Å². The topological polar surface area (TPSA) is 91.4 Å². The van der Waals surface area contributed by atoms with Gasteiger partial charge >= 0.3 is 0 Å². The van der Waals surface area contributed by atoms with Gasteiger partial charge in [-0.25, -0.2) is 9.97 Å². The number of nitrogens with zero attached hydrogens (tertiary/aromatic N) is 3. The van der Waals surface area contributed by atoms with Gasteiger partial charge in [-0.05, 0) is 15.9 Å². The first-order valence-electron chi connectivity index (χ1n) is 3.42. The number of H-pyrrole nitrogens is 1. The van der Waals surface area contributed by atoms with Crippen molar-refractivity contribution >= 4 is 32.9 Å². The SMILES string of the molecule is N#Cc1c(N)[nH]c2nc(Br)cnc12. The Balaban J connectivity index is 2.88. The van der Waals surface area contributed by atoms with Gasteiger partial charge in [-0.2, -0.15) is 5.26 Å². The van der Waals surface area contributed by atoms with E-state index in [1.165, 1.54) is 6.20 Å². The molecule has 0 saturated carbocycles. The maximum atomic E-state index is 8.75. The molecular weight excluding hydrogens is 234 g/mol. The first-order chi connectivity index (χ1) is 6.22. The van der Waals surface area contributed by atoms with Crippen molar-refractivity contribution < 1.29 is 0 Å². The number of fused-ring (bicyclic) bond motifs is 1. The lowest BCUT2D eigenvalue weighted by Crippen LogP contribution is -1.86. The van der Waals surface area contributed by atoms with Gasteiger partial charge < -0.3 is 10.7 Å². The molecule has 2 aromatic rings. The monoisotopic (exact) mass is 237 g/mol.